The van der Waals surface area contributed by atoms with Crippen LogP contribution >= 0.6 is 0 Å². The molecule has 1 saturated carbocycles. The van der Waals surface area contributed by atoms with E-state index in [1.165, 1.54) is 31.4 Å². The summed E-state index contributed by atoms with van der Waals surface area (Å²) in [5.74, 6) is 0.722. The zero-order chi connectivity index (χ0) is 9.38. The van der Waals surface area contributed by atoms with Gasteiger partial charge in [0.05, 0.1) is 11.7 Å². The van der Waals surface area contributed by atoms with E-state index in [-0.39, 0.29) is 0 Å². The fourth-order valence-corrected chi connectivity index (χ4v) is 2.09. The van der Waals surface area contributed by atoms with Gasteiger partial charge in [0.2, 0.25) is 0 Å². The summed E-state index contributed by atoms with van der Waals surface area (Å²) in [4.78, 5) is 0. The molecule has 0 radical (unpaired) electrons. The summed E-state index contributed by atoms with van der Waals surface area (Å²) >= 11 is 0. The lowest BCUT2D eigenvalue weighted by Crippen LogP contribution is -2.31. The molecular formula is C10H16N4. The van der Waals surface area contributed by atoms with Crippen LogP contribution in [0.4, 0.5) is 0 Å². The quantitative estimate of drug-likeness (QED) is 0.762. The Balaban J connectivity index is 1.74. The highest BCUT2D eigenvalue weighted by molar-refractivity contribution is 5.09. The van der Waals surface area contributed by atoms with Gasteiger partial charge in [0.15, 0.2) is 0 Å². The molecule has 1 N–H and O–H groups in total. The van der Waals surface area contributed by atoms with E-state index in [0.717, 1.165) is 19.0 Å². The van der Waals surface area contributed by atoms with E-state index in [1.807, 2.05) is 0 Å². The first-order chi connectivity index (χ1) is 6.93. The number of nitrogens with one attached hydrogen (secondary N) is 1. The largest absolute Gasteiger partial charge is 0.315 e. The lowest BCUT2D eigenvalue weighted by Gasteiger charge is -2.22. The molecule has 0 bridgehead atoms. The van der Waals surface area contributed by atoms with Crippen molar-refractivity contribution in [2.45, 2.75) is 37.6 Å². The maximum atomic E-state index is 4.24. The molecule has 76 valence electrons. The first kappa shape index (κ1) is 8.41. The van der Waals surface area contributed by atoms with Gasteiger partial charge in [-0.15, -0.1) is 5.10 Å². The van der Waals surface area contributed by atoms with Crippen LogP contribution in [-0.4, -0.2) is 28.1 Å². The van der Waals surface area contributed by atoms with Crippen LogP contribution in [0.5, 0.6) is 0 Å². The van der Waals surface area contributed by atoms with Crippen molar-refractivity contribution in [3.8, 4) is 0 Å². The highest BCUT2D eigenvalue weighted by Gasteiger charge is 2.27. The fourth-order valence-electron chi connectivity index (χ4n) is 2.09. The SMILES string of the molecule is c1c(C2CC2)nnn1C1CCCNC1. The summed E-state index contributed by atoms with van der Waals surface area (Å²) in [7, 11) is 0. The minimum Gasteiger partial charge on any atom is -0.315 e. The van der Waals surface area contributed by atoms with Gasteiger partial charge in [0.1, 0.15) is 0 Å². The van der Waals surface area contributed by atoms with Crippen molar-refractivity contribution in [1.82, 2.24) is 20.3 Å². The van der Waals surface area contributed by atoms with Crippen molar-refractivity contribution in [1.29, 1.82) is 0 Å². The first-order valence-corrected chi connectivity index (χ1v) is 5.56. The summed E-state index contributed by atoms with van der Waals surface area (Å²) in [6.45, 7) is 2.20. The summed E-state index contributed by atoms with van der Waals surface area (Å²) in [5.41, 5.74) is 1.20. The summed E-state index contributed by atoms with van der Waals surface area (Å²) < 4.78 is 2.06. The third kappa shape index (κ3) is 1.54. The second-order valence-electron chi connectivity index (χ2n) is 4.40. The van der Waals surface area contributed by atoms with Gasteiger partial charge in [-0.1, -0.05) is 5.21 Å². The standard InChI is InChI=1S/C10H16N4/c1-2-9(6-11-5-1)14-7-10(12-13-14)8-3-4-8/h7-9,11H,1-6H2. The van der Waals surface area contributed by atoms with Gasteiger partial charge in [-0.3, -0.25) is 0 Å². The van der Waals surface area contributed by atoms with Crippen LogP contribution in [0.3, 0.4) is 0 Å². The molecule has 4 nitrogen and oxygen atoms in total. The Hall–Kier alpha value is -0.900. The molecular weight excluding hydrogens is 176 g/mol. The van der Waals surface area contributed by atoms with Crippen molar-refractivity contribution < 1.29 is 0 Å². The first-order valence-electron chi connectivity index (χ1n) is 5.56. The second kappa shape index (κ2) is 3.35. The molecule has 3 rings (SSSR count). The van der Waals surface area contributed by atoms with E-state index in [0.29, 0.717) is 6.04 Å². The molecule has 1 aromatic rings. The average Bonchev–Trinajstić information content (AvgIpc) is 2.98. The molecule has 2 aliphatic rings. The molecule has 14 heavy (non-hydrogen) atoms. The van der Waals surface area contributed by atoms with Gasteiger partial charge < -0.3 is 5.32 Å². The lowest BCUT2D eigenvalue weighted by atomic mass is 10.1. The third-order valence-corrected chi connectivity index (χ3v) is 3.17. The zero-order valence-corrected chi connectivity index (χ0v) is 8.32. The Morgan fingerprint density at radius 1 is 1.36 bits per heavy atom. The van der Waals surface area contributed by atoms with E-state index < -0.39 is 0 Å². The summed E-state index contributed by atoms with van der Waals surface area (Å²) in [5, 5.41) is 11.9. The van der Waals surface area contributed by atoms with Crippen LogP contribution < -0.4 is 5.32 Å². The highest BCUT2D eigenvalue weighted by Crippen LogP contribution is 2.38. The Bertz CT molecular complexity index is 310. The molecule has 1 aliphatic carbocycles. The number of rotatable bonds is 2. The number of aromatic nitrogens is 3. The Labute approximate surface area is 83.7 Å². The van der Waals surface area contributed by atoms with Crippen LogP contribution in [0.15, 0.2) is 6.20 Å². The number of hydrogen-bond acceptors (Lipinski definition) is 3. The molecule has 0 spiro atoms. The summed E-state index contributed by atoms with van der Waals surface area (Å²) in [6.07, 6.45) is 7.25. The van der Waals surface area contributed by atoms with Gasteiger partial charge in [0, 0.05) is 18.7 Å². The minimum atomic E-state index is 0.531. The molecule has 0 amide bonds. The smallest absolute Gasteiger partial charge is 0.0858 e. The van der Waals surface area contributed by atoms with Gasteiger partial charge >= 0.3 is 0 Å². The van der Waals surface area contributed by atoms with Crippen LogP contribution in [0.2, 0.25) is 0 Å². The van der Waals surface area contributed by atoms with Crippen LogP contribution in [0.1, 0.15) is 43.3 Å². The van der Waals surface area contributed by atoms with Crippen molar-refractivity contribution in [2.24, 2.45) is 0 Å². The van der Waals surface area contributed by atoms with E-state index in [9.17, 15) is 0 Å². The topological polar surface area (TPSA) is 42.7 Å². The van der Waals surface area contributed by atoms with Gasteiger partial charge in [-0.2, -0.15) is 0 Å². The lowest BCUT2D eigenvalue weighted by molar-refractivity contribution is 0.341. The van der Waals surface area contributed by atoms with Crippen molar-refractivity contribution in [3.05, 3.63) is 11.9 Å². The van der Waals surface area contributed by atoms with E-state index in [1.54, 1.807) is 0 Å². The van der Waals surface area contributed by atoms with E-state index >= 15 is 0 Å². The summed E-state index contributed by atoms with van der Waals surface area (Å²) in [6, 6.07) is 0.531. The van der Waals surface area contributed by atoms with Crippen LogP contribution in [0, 0.1) is 0 Å². The van der Waals surface area contributed by atoms with E-state index in [4.69, 9.17) is 0 Å². The molecule has 1 saturated heterocycles. The fraction of sp³-hybridized carbons (Fsp3) is 0.800. The molecule has 2 heterocycles. The number of piperidine rings is 1. The molecule has 1 aliphatic heterocycles. The Kier molecular flexibility index (Phi) is 2.01. The molecule has 0 aromatic carbocycles. The number of nitrogens with zero attached hydrogens (tertiary/aromatic N) is 3. The van der Waals surface area contributed by atoms with Gasteiger partial charge in [-0.05, 0) is 32.2 Å². The minimum absolute atomic E-state index is 0.531. The molecule has 1 unspecified atom stereocenters. The predicted molar refractivity (Wildman–Crippen MR) is 53.1 cm³/mol. The molecule has 2 fully saturated rings. The van der Waals surface area contributed by atoms with Crippen molar-refractivity contribution >= 4 is 0 Å². The number of hydrogen-bond donors (Lipinski definition) is 1. The zero-order valence-electron chi connectivity index (χ0n) is 8.32. The normalized spacial score (nSPS) is 27.9. The van der Waals surface area contributed by atoms with Crippen molar-refractivity contribution in [2.75, 3.05) is 13.1 Å². The predicted octanol–water partition coefficient (Wildman–Crippen LogP) is 1.08. The van der Waals surface area contributed by atoms with Crippen LogP contribution in [0.25, 0.3) is 0 Å². The maximum absolute atomic E-state index is 4.24. The van der Waals surface area contributed by atoms with Crippen molar-refractivity contribution in [3.63, 3.8) is 0 Å². The highest BCUT2D eigenvalue weighted by atomic mass is 15.4. The monoisotopic (exact) mass is 192 g/mol. The van der Waals surface area contributed by atoms with E-state index in [2.05, 4.69) is 26.5 Å². The Morgan fingerprint density at radius 3 is 3.00 bits per heavy atom. The van der Waals surface area contributed by atoms with Gasteiger partial charge in [-0.25, -0.2) is 4.68 Å². The molecule has 1 atom stereocenters. The average molecular weight is 192 g/mol. The Morgan fingerprint density at radius 2 is 2.29 bits per heavy atom. The maximum Gasteiger partial charge on any atom is 0.0858 e. The molecule has 1 aromatic heterocycles. The second-order valence-corrected chi connectivity index (χ2v) is 4.40. The van der Waals surface area contributed by atoms with Crippen LogP contribution in [-0.2, 0) is 0 Å². The third-order valence-electron chi connectivity index (χ3n) is 3.17. The molecule has 4 heteroatoms. The van der Waals surface area contributed by atoms with Gasteiger partial charge in [0.25, 0.3) is 0 Å².